The van der Waals surface area contributed by atoms with Gasteiger partial charge in [0.15, 0.2) is 0 Å². The number of carbonyl (C=O) groups is 2. The molecule has 1 N–H and O–H groups in total. The molecule has 208 valence electrons. The summed E-state index contributed by atoms with van der Waals surface area (Å²) in [5.74, 6) is 0.681. The van der Waals surface area contributed by atoms with Gasteiger partial charge in [-0.3, -0.25) is 14.4 Å². The number of nitrogens with zero attached hydrogens (tertiary/aromatic N) is 3. The second-order valence-electron chi connectivity index (χ2n) is 10.5. The lowest BCUT2D eigenvalue weighted by atomic mass is 9.83. The minimum atomic E-state index is -0.308. The number of halogens is 1. The van der Waals surface area contributed by atoms with Crippen molar-refractivity contribution in [3.63, 3.8) is 0 Å². The van der Waals surface area contributed by atoms with E-state index in [1.807, 2.05) is 28.8 Å². The number of carbonyl (C=O) groups excluding carboxylic acids is 2. The number of nitrogens with one attached hydrogen (secondary N) is 1. The number of rotatable bonds is 5. The molecule has 0 unspecified atom stereocenters. The number of pyridine rings is 1. The van der Waals surface area contributed by atoms with Crippen molar-refractivity contribution in [1.29, 1.82) is 0 Å². The SMILES string of the molecule is COc1ccc(Br)c(C(=O)Nc2cc(C(=O)N3CCOCC3)ccc2N2C[C@H]3C[C@@H](C2)c2cccc(=O)n2C3)c1. The van der Waals surface area contributed by atoms with Gasteiger partial charge in [-0.15, -0.1) is 0 Å². The number of hydrogen-bond acceptors (Lipinski definition) is 6. The van der Waals surface area contributed by atoms with Gasteiger partial charge in [-0.05, 0) is 70.7 Å². The van der Waals surface area contributed by atoms with Gasteiger partial charge in [0.05, 0.1) is 37.3 Å². The number of morpholine rings is 1. The summed E-state index contributed by atoms with van der Waals surface area (Å²) in [5, 5.41) is 3.09. The molecule has 4 heterocycles. The Bertz CT molecular complexity index is 1520. The van der Waals surface area contributed by atoms with E-state index in [0.717, 1.165) is 24.3 Å². The molecular formula is C30H31BrN4O5. The first-order valence-corrected chi connectivity index (χ1v) is 14.3. The maximum atomic E-state index is 13.6. The molecule has 0 aliphatic carbocycles. The van der Waals surface area contributed by atoms with Crippen molar-refractivity contribution >= 4 is 39.1 Å². The molecule has 2 aromatic carbocycles. The predicted octanol–water partition coefficient (Wildman–Crippen LogP) is 3.97. The fourth-order valence-electron chi connectivity index (χ4n) is 6.08. The summed E-state index contributed by atoms with van der Waals surface area (Å²) >= 11 is 3.49. The lowest BCUT2D eigenvalue weighted by molar-refractivity contribution is 0.0303. The summed E-state index contributed by atoms with van der Waals surface area (Å²) in [6.45, 7) is 4.23. The predicted molar refractivity (Wildman–Crippen MR) is 156 cm³/mol. The molecule has 2 saturated heterocycles. The molecule has 0 radical (unpaired) electrons. The number of anilines is 2. The molecule has 2 amide bonds. The van der Waals surface area contributed by atoms with Crippen LogP contribution in [0.4, 0.5) is 11.4 Å². The third-order valence-corrected chi connectivity index (χ3v) is 8.72. The molecule has 0 spiro atoms. The Hall–Kier alpha value is -3.63. The number of piperidine rings is 1. The first-order valence-electron chi connectivity index (χ1n) is 13.5. The molecule has 3 aliphatic heterocycles. The molecule has 2 fully saturated rings. The van der Waals surface area contributed by atoms with Gasteiger partial charge in [0.1, 0.15) is 5.75 Å². The Labute approximate surface area is 240 Å². The van der Waals surface area contributed by atoms with Crippen molar-refractivity contribution in [2.24, 2.45) is 5.92 Å². The third kappa shape index (κ3) is 5.13. The van der Waals surface area contributed by atoms with Gasteiger partial charge in [-0.2, -0.15) is 0 Å². The van der Waals surface area contributed by atoms with E-state index in [1.54, 1.807) is 42.3 Å². The van der Waals surface area contributed by atoms with Gasteiger partial charge in [0, 0.05) is 60.4 Å². The fraction of sp³-hybridized carbons (Fsp3) is 0.367. The molecule has 10 heteroatoms. The van der Waals surface area contributed by atoms with Crippen LogP contribution in [0.2, 0.25) is 0 Å². The van der Waals surface area contributed by atoms with E-state index in [-0.39, 0.29) is 23.3 Å². The number of benzene rings is 2. The monoisotopic (exact) mass is 606 g/mol. The van der Waals surface area contributed by atoms with Crippen LogP contribution >= 0.6 is 15.9 Å². The van der Waals surface area contributed by atoms with Gasteiger partial charge < -0.3 is 29.2 Å². The Morgan fingerprint density at radius 3 is 2.65 bits per heavy atom. The summed E-state index contributed by atoms with van der Waals surface area (Å²) in [6, 6.07) is 16.3. The molecule has 9 nitrogen and oxygen atoms in total. The number of ether oxygens (including phenoxy) is 2. The Kier molecular flexibility index (Phi) is 7.37. The lowest BCUT2D eigenvalue weighted by Gasteiger charge is -2.44. The summed E-state index contributed by atoms with van der Waals surface area (Å²) in [5.41, 5.74) is 3.47. The number of hydrogen-bond donors (Lipinski definition) is 1. The summed E-state index contributed by atoms with van der Waals surface area (Å²) in [4.78, 5) is 43.5. The van der Waals surface area contributed by atoms with Crippen LogP contribution < -0.4 is 20.5 Å². The highest BCUT2D eigenvalue weighted by Crippen LogP contribution is 2.39. The maximum Gasteiger partial charge on any atom is 0.257 e. The van der Waals surface area contributed by atoms with Crippen molar-refractivity contribution in [2.75, 3.05) is 56.7 Å². The maximum absolute atomic E-state index is 13.6. The van der Waals surface area contributed by atoms with Crippen molar-refractivity contribution in [1.82, 2.24) is 9.47 Å². The summed E-state index contributed by atoms with van der Waals surface area (Å²) in [7, 11) is 1.56. The molecule has 0 saturated carbocycles. The van der Waals surface area contributed by atoms with Crippen LogP contribution in [-0.2, 0) is 11.3 Å². The van der Waals surface area contributed by atoms with Crippen molar-refractivity contribution in [3.8, 4) is 5.75 Å². The number of amides is 2. The van der Waals surface area contributed by atoms with Crippen molar-refractivity contribution < 1.29 is 19.1 Å². The normalized spacial score (nSPS) is 20.1. The third-order valence-electron chi connectivity index (χ3n) is 8.03. The summed E-state index contributed by atoms with van der Waals surface area (Å²) in [6.07, 6.45) is 1.02. The standard InChI is InChI=1S/C30H31BrN4O5/c1-39-22-6-7-24(31)23(15-22)29(37)32-25-14-20(30(38)33-9-11-40-12-10-33)5-8-27(25)34-16-19-13-21(18-34)26-3-2-4-28(36)35(26)17-19/h2-8,14-15,19,21H,9-13,16-18H2,1H3,(H,32,37)/t19-,21+/m1/s1. The van der Waals surface area contributed by atoms with Gasteiger partial charge >= 0.3 is 0 Å². The zero-order valence-electron chi connectivity index (χ0n) is 22.3. The average molecular weight is 608 g/mol. The van der Waals surface area contributed by atoms with Crippen LogP contribution in [0.25, 0.3) is 0 Å². The van der Waals surface area contributed by atoms with E-state index in [1.165, 1.54) is 0 Å². The molecule has 1 aromatic heterocycles. The lowest BCUT2D eigenvalue weighted by Crippen LogP contribution is -2.47. The van der Waals surface area contributed by atoms with E-state index in [0.29, 0.717) is 72.3 Å². The Balaban J connectivity index is 1.35. The van der Waals surface area contributed by atoms with E-state index < -0.39 is 0 Å². The van der Waals surface area contributed by atoms with Crippen LogP contribution in [0.3, 0.4) is 0 Å². The molecule has 3 aromatic rings. The molecule has 2 bridgehead atoms. The van der Waals surface area contributed by atoms with Crippen LogP contribution in [-0.4, -0.2) is 67.8 Å². The van der Waals surface area contributed by atoms with Crippen LogP contribution in [0.15, 0.2) is 63.9 Å². The topological polar surface area (TPSA) is 93.1 Å². The second-order valence-corrected chi connectivity index (χ2v) is 11.4. The molecule has 6 rings (SSSR count). The van der Waals surface area contributed by atoms with Crippen molar-refractivity contribution in [3.05, 3.63) is 86.2 Å². The highest BCUT2D eigenvalue weighted by atomic mass is 79.9. The van der Waals surface area contributed by atoms with Crippen molar-refractivity contribution in [2.45, 2.75) is 18.9 Å². The first kappa shape index (κ1) is 26.6. The highest BCUT2D eigenvalue weighted by molar-refractivity contribution is 9.10. The van der Waals surface area contributed by atoms with Gasteiger partial charge in [-0.25, -0.2) is 0 Å². The van der Waals surface area contributed by atoms with Gasteiger partial charge in [-0.1, -0.05) is 6.07 Å². The molecular weight excluding hydrogens is 576 g/mol. The minimum absolute atomic E-state index is 0.0449. The van der Waals surface area contributed by atoms with E-state index in [9.17, 15) is 14.4 Å². The molecule has 3 aliphatic rings. The minimum Gasteiger partial charge on any atom is -0.497 e. The Morgan fingerprint density at radius 2 is 1.85 bits per heavy atom. The van der Waals surface area contributed by atoms with Crippen LogP contribution in [0.1, 0.15) is 38.7 Å². The largest absolute Gasteiger partial charge is 0.497 e. The van der Waals surface area contributed by atoms with Gasteiger partial charge in [0.2, 0.25) is 0 Å². The Morgan fingerprint density at radius 1 is 1.02 bits per heavy atom. The number of methoxy groups -OCH3 is 1. The fourth-order valence-corrected chi connectivity index (χ4v) is 6.51. The highest BCUT2D eigenvalue weighted by Gasteiger charge is 2.35. The smallest absolute Gasteiger partial charge is 0.257 e. The summed E-state index contributed by atoms with van der Waals surface area (Å²) < 4.78 is 13.3. The van der Waals surface area contributed by atoms with E-state index in [4.69, 9.17) is 9.47 Å². The van der Waals surface area contributed by atoms with Crippen LogP contribution in [0, 0.1) is 5.92 Å². The van der Waals surface area contributed by atoms with E-state index >= 15 is 0 Å². The number of aromatic nitrogens is 1. The first-order chi connectivity index (χ1) is 19.4. The average Bonchev–Trinajstić information content (AvgIpc) is 2.98. The zero-order chi connectivity index (χ0) is 27.8. The van der Waals surface area contributed by atoms with E-state index in [2.05, 4.69) is 26.1 Å². The molecule has 40 heavy (non-hydrogen) atoms. The second kappa shape index (κ2) is 11.1. The van der Waals surface area contributed by atoms with Crippen LogP contribution in [0.5, 0.6) is 5.75 Å². The number of fused-ring (bicyclic) bond motifs is 4. The quantitative estimate of drug-likeness (QED) is 0.472. The zero-order valence-corrected chi connectivity index (χ0v) is 23.9. The molecule has 2 atom stereocenters. The van der Waals surface area contributed by atoms with Gasteiger partial charge in [0.25, 0.3) is 17.4 Å².